The predicted molar refractivity (Wildman–Crippen MR) is 134 cm³/mol. The largest absolute Gasteiger partial charge is 0.494 e. The lowest BCUT2D eigenvalue weighted by Gasteiger charge is -2.24. The lowest BCUT2D eigenvalue weighted by Crippen LogP contribution is -2.23. The van der Waals surface area contributed by atoms with Crippen LogP contribution in [0.3, 0.4) is 0 Å². The van der Waals surface area contributed by atoms with Gasteiger partial charge in [-0.1, -0.05) is 64.9 Å². The molecule has 32 heavy (non-hydrogen) atoms. The molecule has 0 spiro atoms. The van der Waals surface area contributed by atoms with Crippen molar-refractivity contribution >= 4 is 17.9 Å². The zero-order valence-corrected chi connectivity index (χ0v) is 20.4. The third-order valence-corrected chi connectivity index (χ3v) is 5.57. The molecule has 1 aromatic rings. The molecule has 0 bridgehead atoms. The SMILES string of the molecule is CCCCCCCCCOc1cccc(N2C=C(CC(C)OC(=O)CCCC)N=CC2)c1. The van der Waals surface area contributed by atoms with Crippen LogP contribution < -0.4 is 9.64 Å². The molecule has 0 aliphatic carbocycles. The summed E-state index contributed by atoms with van der Waals surface area (Å²) in [5.41, 5.74) is 2.00. The number of nitrogens with zero attached hydrogens (tertiary/aromatic N) is 2. The molecule has 0 amide bonds. The highest BCUT2D eigenvalue weighted by atomic mass is 16.5. The van der Waals surface area contributed by atoms with E-state index < -0.39 is 0 Å². The molecule has 5 heteroatoms. The second-order valence-corrected chi connectivity index (χ2v) is 8.66. The molecule has 0 N–H and O–H groups in total. The first-order chi connectivity index (χ1) is 15.6. The summed E-state index contributed by atoms with van der Waals surface area (Å²) in [6.45, 7) is 7.73. The van der Waals surface area contributed by atoms with E-state index in [1.165, 1.54) is 38.5 Å². The second-order valence-electron chi connectivity index (χ2n) is 8.66. The van der Waals surface area contributed by atoms with Crippen LogP contribution in [0.1, 0.15) is 91.4 Å². The number of carbonyl (C=O) groups excluding carboxylic acids is 1. The summed E-state index contributed by atoms with van der Waals surface area (Å²) in [6, 6.07) is 8.23. The van der Waals surface area contributed by atoms with E-state index in [-0.39, 0.29) is 12.1 Å². The van der Waals surface area contributed by atoms with E-state index in [0.29, 0.717) is 12.8 Å². The van der Waals surface area contributed by atoms with E-state index in [1.807, 2.05) is 31.5 Å². The zero-order chi connectivity index (χ0) is 23.0. The lowest BCUT2D eigenvalue weighted by molar-refractivity contribution is -0.148. The normalized spacial score (nSPS) is 14.2. The highest BCUT2D eigenvalue weighted by Crippen LogP contribution is 2.25. The fourth-order valence-corrected chi connectivity index (χ4v) is 3.74. The van der Waals surface area contributed by atoms with Gasteiger partial charge in [0.05, 0.1) is 18.8 Å². The first-order valence-electron chi connectivity index (χ1n) is 12.5. The van der Waals surface area contributed by atoms with E-state index in [9.17, 15) is 4.79 Å². The van der Waals surface area contributed by atoms with Gasteiger partial charge in [0.1, 0.15) is 11.9 Å². The molecule has 1 unspecified atom stereocenters. The third kappa shape index (κ3) is 10.3. The van der Waals surface area contributed by atoms with E-state index in [2.05, 4.69) is 35.9 Å². The van der Waals surface area contributed by atoms with Crippen molar-refractivity contribution < 1.29 is 14.3 Å². The number of ether oxygens (including phenoxy) is 2. The number of benzene rings is 1. The first kappa shape index (κ1) is 26.0. The molecular weight excluding hydrogens is 400 g/mol. The standard InChI is InChI=1S/C27H42N2O3/c1-4-6-8-9-10-11-12-19-31-26-15-13-14-25(21-26)29-18-17-28-24(22-29)20-23(3)32-27(30)16-7-5-2/h13-15,17,21-23H,4-12,16,18-20H2,1-3H3. The number of aliphatic imine (C=N–C) groups is 1. The Labute approximate surface area is 194 Å². The molecule has 1 heterocycles. The van der Waals surface area contributed by atoms with Gasteiger partial charge in [-0.05, 0) is 31.9 Å². The van der Waals surface area contributed by atoms with Crippen LogP contribution in [0.25, 0.3) is 0 Å². The Balaban J connectivity index is 1.79. The average Bonchev–Trinajstić information content (AvgIpc) is 2.79. The minimum absolute atomic E-state index is 0.123. The number of esters is 1. The van der Waals surface area contributed by atoms with Gasteiger partial charge in [-0.25, -0.2) is 0 Å². The van der Waals surface area contributed by atoms with Crippen molar-refractivity contribution in [1.82, 2.24) is 0 Å². The molecule has 1 aliphatic rings. The van der Waals surface area contributed by atoms with E-state index in [0.717, 1.165) is 49.5 Å². The minimum atomic E-state index is -0.181. The number of unbranched alkanes of at least 4 members (excludes halogenated alkanes) is 7. The van der Waals surface area contributed by atoms with Crippen LogP contribution in [0.2, 0.25) is 0 Å². The second kappa shape index (κ2) is 15.5. The summed E-state index contributed by atoms with van der Waals surface area (Å²) in [5.74, 6) is 0.784. The Kier molecular flexibility index (Phi) is 12.6. The molecule has 0 saturated carbocycles. The van der Waals surface area contributed by atoms with Crippen molar-refractivity contribution in [2.45, 2.75) is 97.5 Å². The maximum atomic E-state index is 11.9. The van der Waals surface area contributed by atoms with E-state index >= 15 is 0 Å². The van der Waals surface area contributed by atoms with Gasteiger partial charge < -0.3 is 14.4 Å². The van der Waals surface area contributed by atoms with Crippen molar-refractivity contribution in [2.75, 3.05) is 18.1 Å². The van der Waals surface area contributed by atoms with Gasteiger partial charge in [0.2, 0.25) is 0 Å². The molecular formula is C27H42N2O3. The molecule has 0 saturated heterocycles. The van der Waals surface area contributed by atoms with Crippen molar-refractivity contribution in [2.24, 2.45) is 4.99 Å². The zero-order valence-electron chi connectivity index (χ0n) is 20.4. The summed E-state index contributed by atoms with van der Waals surface area (Å²) in [7, 11) is 0. The van der Waals surface area contributed by atoms with Crippen LogP contribution in [-0.4, -0.2) is 31.4 Å². The molecule has 0 radical (unpaired) electrons. The number of hydrogen-bond donors (Lipinski definition) is 0. The number of anilines is 1. The van der Waals surface area contributed by atoms with Crippen molar-refractivity contribution in [3.8, 4) is 5.75 Å². The number of rotatable bonds is 16. The van der Waals surface area contributed by atoms with Crippen molar-refractivity contribution in [1.29, 1.82) is 0 Å². The third-order valence-electron chi connectivity index (χ3n) is 5.57. The first-order valence-corrected chi connectivity index (χ1v) is 12.5. The quantitative estimate of drug-likeness (QED) is 0.203. The van der Waals surface area contributed by atoms with Crippen molar-refractivity contribution in [3.05, 3.63) is 36.2 Å². The molecule has 2 rings (SSSR count). The van der Waals surface area contributed by atoms with Crippen LogP contribution in [-0.2, 0) is 9.53 Å². The van der Waals surface area contributed by atoms with Crippen molar-refractivity contribution in [3.63, 3.8) is 0 Å². The Hall–Kier alpha value is -2.30. The monoisotopic (exact) mass is 442 g/mol. The van der Waals surface area contributed by atoms with Gasteiger partial charge in [-0.3, -0.25) is 9.79 Å². The summed E-state index contributed by atoms with van der Waals surface area (Å²) in [6.07, 6.45) is 15.7. The van der Waals surface area contributed by atoms with Crippen LogP contribution in [0.5, 0.6) is 5.75 Å². The van der Waals surface area contributed by atoms with Gasteiger partial charge in [0, 0.05) is 37.0 Å². The van der Waals surface area contributed by atoms with Gasteiger partial charge in [-0.15, -0.1) is 0 Å². The smallest absolute Gasteiger partial charge is 0.306 e. The predicted octanol–water partition coefficient (Wildman–Crippen LogP) is 7.06. The Bertz CT molecular complexity index is 729. The summed E-state index contributed by atoms with van der Waals surface area (Å²) >= 11 is 0. The van der Waals surface area contributed by atoms with Gasteiger partial charge in [0.15, 0.2) is 0 Å². The lowest BCUT2D eigenvalue weighted by atomic mass is 10.1. The van der Waals surface area contributed by atoms with Gasteiger partial charge in [0.25, 0.3) is 0 Å². The highest BCUT2D eigenvalue weighted by Gasteiger charge is 2.15. The van der Waals surface area contributed by atoms with E-state index in [4.69, 9.17) is 9.47 Å². The molecule has 0 fully saturated rings. The molecule has 1 atom stereocenters. The fraction of sp³-hybridized carbons (Fsp3) is 0.630. The van der Waals surface area contributed by atoms with Crippen LogP contribution in [0.4, 0.5) is 5.69 Å². The average molecular weight is 443 g/mol. The molecule has 0 aromatic heterocycles. The number of hydrogen-bond acceptors (Lipinski definition) is 5. The Morgan fingerprint density at radius 2 is 1.81 bits per heavy atom. The Morgan fingerprint density at radius 1 is 1.06 bits per heavy atom. The summed E-state index contributed by atoms with van der Waals surface area (Å²) < 4.78 is 11.5. The van der Waals surface area contributed by atoms with Crippen LogP contribution in [0.15, 0.2) is 41.2 Å². The van der Waals surface area contributed by atoms with Crippen LogP contribution >= 0.6 is 0 Å². The molecule has 178 valence electrons. The van der Waals surface area contributed by atoms with E-state index in [1.54, 1.807) is 0 Å². The minimum Gasteiger partial charge on any atom is -0.494 e. The highest BCUT2D eigenvalue weighted by molar-refractivity contribution is 5.71. The molecule has 1 aliphatic heterocycles. The molecule has 1 aromatic carbocycles. The molecule has 5 nitrogen and oxygen atoms in total. The Morgan fingerprint density at radius 3 is 2.59 bits per heavy atom. The maximum Gasteiger partial charge on any atom is 0.306 e. The number of carbonyl (C=O) groups is 1. The van der Waals surface area contributed by atoms with Gasteiger partial charge in [-0.2, -0.15) is 0 Å². The fourth-order valence-electron chi connectivity index (χ4n) is 3.74. The van der Waals surface area contributed by atoms with Crippen LogP contribution in [0, 0.1) is 0 Å². The van der Waals surface area contributed by atoms with Gasteiger partial charge >= 0.3 is 5.97 Å². The maximum absolute atomic E-state index is 11.9. The summed E-state index contributed by atoms with van der Waals surface area (Å²) in [4.78, 5) is 18.5. The summed E-state index contributed by atoms with van der Waals surface area (Å²) in [5, 5.41) is 0. The topological polar surface area (TPSA) is 51.1 Å².